The lowest BCUT2D eigenvalue weighted by Crippen LogP contribution is -2.40. The van der Waals surface area contributed by atoms with Crippen LogP contribution in [0.15, 0.2) is 29.3 Å². The lowest BCUT2D eigenvalue weighted by molar-refractivity contribution is 0.0774. The van der Waals surface area contributed by atoms with Crippen molar-refractivity contribution in [3.8, 4) is 0 Å². The summed E-state index contributed by atoms with van der Waals surface area (Å²) in [4.78, 5) is 3.18. The molecule has 1 saturated heterocycles. The smallest absolute Gasteiger partial charge is 0.243 e. The molecule has 20 heavy (non-hydrogen) atoms. The van der Waals surface area contributed by atoms with Crippen molar-refractivity contribution in [1.82, 2.24) is 9.71 Å². The Morgan fingerprint density at radius 2 is 2.25 bits per heavy atom. The van der Waals surface area contributed by atoms with E-state index < -0.39 is 10.0 Å². The van der Waals surface area contributed by atoms with Crippen LogP contribution in [0, 0.1) is 0 Å². The zero-order chi connectivity index (χ0) is 14.2. The molecule has 1 aromatic carbocycles. The summed E-state index contributed by atoms with van der Waals surface area (Å²) in [6.07, 6.45) is 3.16. The predicted molar refractivity (Wildman–Crippen MR) is 76.9 cm³/mol. The fraction of sp³-hybridized carbons (Fsp3) is 0.385. The number of aromatic nitrogens is 1. The number of ether oxygens (including phenoxy) is 1. The number of hydrogen-bond donors (Lipinski definition) is 3. The Bertz CT molecular complexity index is 718. The van der Waals surface area contributed by atoms with E-state index in [1.165, 1.54) is 6.20 Å². The molecule has 0 saturated carbocycles. The van der Waals surface area contributed by atoms with E-state index in [1.54, 1.807) is 18.2 Å². The molecular weight excluding hydrogens is 278 g/mol. The molecule has 7 heteroatoms. The number of nitrogen functional groups attached to an aromatic ring is 1. The molecule has 1 aromatic heterocycles. The highest BCUT2D eigenvalue weighted by Crippen LogP contribution is 2.25. The summed E-state index contributed by atoms with van der Waals surface area (Å²) < 4.78 is 32.9. The second-order valence-corrected chi connectivity index (χ2v) is 6.68. The summed E-state index contributed by atoms with van der Waals surface area (Å²) in [6.45, 7) is 1.12. The average Bonchev–Trinajstić information content (AvgIpc) is 2.83. The minimum absolute atomic E-state index is 0.167. The maximum absolute atomic E-state index is 12.5. The molecule has 1 atom stereocenters. The molecule has 1 fully saturated rings. The highest BCUT2D eigenvalue weighted by atomic mass is 32.2. The molecular formula is C13H17N3O3S. The van der Waals surface area contributed by atoms with Crippen molar-refractivity contribution in [3.05, 3.63) is 24.4 Å². The third kappa shape index (κ3) is 2.52. The van der Waals surface area contributed by atoms with E-state index >= 15 is 0 Å². The molecule has 0 bridgehead atoms. The average molecular weight is 295 g/mol. The van der Waals surface area contributed by atoms with Crippen molar-refractivity contribution in [2.45, 2.75) is 23.8 Å². The molecule has 1 unspecified atom stereocenters. The van der Waals surface area contributed by atoms with Crippen LogP contribution in [-0.2, 0) is 14.8 Å². The van der Waals surface area contributed by atoms with Gasteiger partial charge in [0.1, 0.15) is 4.90 Å². The molecule has 2 aromatic rings. The van der Waals surface area contributed by atoms with Gasteiger partial charge in [0, 0.05) is 35.4 Å². The van der Waals surface area contributed by atoms with Gasteiger partial charge in [-0.3, -0.25) is 0 Å². The van der Waals surface area contributed by atoms with Gasteiger partial charge in [0.15, 0.2) is 0 Å². The Morgan fingerprint density at radius 3 is 3.00 bits per heavy atom. The first-order valence-electron chi connectivity index (χ1n) is 6.53. The van der Waals surface area contributed by atoms with Crippen LogP contribution in [0.5, 0.6) is 0 Å². The molecule has 4 N–H and O–H groups in total. The number of rotatable bonds is 3. The summed E-state index contributed by atoms with van der Waals surface area (Å²) in [6, 6.07) is 5.00. The molecule has 0 amide bonds. The number of nitrogens with one attached hydrogen (secondary N) is 2. The van der Waals surface area contributed by atoms with Gasteiger partial charge in [0.2, 0.25) is 10.0 Å². The Balaban J connectivity index is 1.94. The van der Waals surface area contributed by atoms with Crippen molar-refractivity contribution in [1.29, 1.82) is 0 Å². The largest absolute Gasteiger partial charge is 0.399 e. The third-order valence-corrected chi connectivity index (χ3v) is 5.00. The molecule has 108 valence electrons. The fourth-order valence-corrected chi connectivity index (χ4v) is 3.88. The third-order valence-electron chi connectivity index (χ3n) is 3.44. The van der Waals surface area contributed by atoms with Crippen molar-refractivity contribution in [3.63, 3.8) is 0 Å². The van der Waals surface area contributed by atoms with E-state index in [0.717, 1.165) is 18.4 Å². The number of anilines is 1. The Kier molecular flexibility index (Phi) is 3.41. The van der Waals surface area contributed by atoms with Crippen molar-refractivity contribution in [2.24, 2.45) is 0 Å². The molecule has 0 spiro atoms. The number of fused-ring (bicyclic) bond motifs is 1. The van der Waals surface area contributed by atoms with Crippen molar-refractivity contribution >= 4 is 26.6 Å². The standard InChI is InChI=1S/C13H17N3O3S/c14-9-3-4-12-11(6-9)13(7-15-12)20(17,18)16-10-2-1-5-19-8-10/h3-4,6-7,10,15-16H,1-2,5,8,14H2. The zero-order valence-corrected chi connectivity index (χ0v) is 11.7. The van der Waals surface area contributed by atoms with Gasteiger partial charge in [-0.15, -0.1) is 0 Å². The van der Waals surface area contributed by atoms with Crippen LogP contribution in [0.4, 0.5) is 5.69 Å². The molecule has 1 aliphatic heterocycles. The number of nitrogens with two attached hydrogens (primary N) is 1. The van der Waals surface area contributed by atoms with Crippen LogP contribution >= 0.6 is 0 Å². The molecule has 3 rings (SSSR count). The van der Waals surface area contributed by atoms with Crippen LogP contribution < -0.4 is 10.5 Å². The number of hydrogen-bond acceptors (Lipinski definition) is 4. The fourth-order valence-electron chi connectivity index (χ4n) is 2.45. The lowest BCUT2D eigenvalue weighted by Gasteiger charge is -2.22. The molecule has 0 radical (unpaired) electrons. The normalized spacial score (nSPS) is 20.3. The minimum Gasteiger partial charge on any atom is -0.399 e. The highest BCUT2D eigenvalue weighted by Gasteiger charge is 2.24. The Labute approximate surface area is 117 Å². The second-order valence-electron chi connectivity index (χ2n) is 4.99. The molecule has 6 nitrogen and oxygen atoms in total. The van der Waals surface area contributed by atoms with Gasteiger partial charge in [-0.25, -0.2) is 13.1 Å². The molecule has 2 heterocycles. The minimum atomic E-state index is -3.58. The van der Waals surface area contributed by atoms with Gasteiger partial charge < -0.3 is 15.5 Å². The molecule has 0 aliphatic carbocycles. The first kappa shape index (κ1) is 13.4. The topological polar surface area (TPSA) is 97.2 Å². The number of H-pyrrole nitrogens is 1. The van der Waals surface area contributed by atoms with Gasteiger partial charge in [0.05, 0.1) is 6.61 Å². The van der Waals surface area contributed by atoms with E-state index in [9.17, 15) is 8.42 Å². The molecule has 1 aliphatic rings. The van der Waals surface area contributed by atoms with E-state index in [2.05, 4.69) is 9.71 Å². The van der Waals surface area contributed by atoms with E-state index in [1.807, 2.05) is 0 Å². The van der Waals surface area contributed by atoms with Crippen LogP contribution in [0.25, 0.3) is 10.9 Å². The quantitative estimate of drug-likeness (QED) is 0.741. The maximum atomic E-state index is 12.5. The van der Waals surface area contributed by atoms with Crippen LogP contribution in [-0.4, -0.2) is 32.7 Å². The maximum Gasteiger partial charge on any atom is 0.243 e. The summed E-state index contributed by atoms with van der Waals surface area (Å²) in [5, 5.41) is 0.606. The number of aromatic amines is 1. The summed E-state index contributed by atoms with van der Waals surface area (Å²) in [7, 11) is -3.58. The summed E-state index contributed by atoms with van der Waals surface area (Å²) in [5.74, 6) is 0. The van der Waals surface area contributed by atoms with Gasteiger partial charge in [-0.2, -0.15) is 0 Å². The van der Waals surface area contributed by atoms with Gasteiger partial charge in [-0.05, 0) is 31.0 Å². The van der Waals surface area contributed by atoms with E-state index in [-0.39, 0.29) is 10.9 Å². The Hall–Kier alpha value is -1.57. The SMILES string of the molecule is Nc1ccc2[nH]cc(S(=O)(=O)NC3CCCOC3)c2c1. The number of sulfonamides is 1. The Morgan fingerprint density at radius 1 is 1.40 bits per heavy atom. The first-order valence-corrected chi connectivity index (χ1v) is 8.01. The van der Waals surface area contributed by atoms with Crippen molar-refractivity contribution < 1.29 is 13.2 Å². The monoisotopic (exact) mass is 295 g/mol. The first-order chi connectivity index (χ1) is 9.56. The van der Waals surface area contributed by atoms with E-state index in [4.69, 9.17) is 10.5 Å². The van der Waals surface area contributed by atoms with Crippen LogP contribution in [0.1, 0.15) is 12.8 Å². The highest BCUT2D eigenvalue weighted by molar-refractivity contribution is 7.89. The summed E-state index contributed by atoms with van der Waals surface area (Å²) in [5.41, 5.74) is 7.02. The van der Waals surface area contributed by atoms with Crippen molar-refractivity contribution in [2.75, 3.05) is 18.9 Å². The number of benzene rings is 1. The van der Waals surface area contributed by atoms with Gasteiger partial charge >= 0.3 is 0 Å². The van der Waals surface area contributed by atoms with E-state index in [0.29, 0.717) is 24.3 Å². The predicted octanol–water partition coefficient (Wildman–Crippen LogP) is 1.21. The van der Waals surface area contributed by atoms with Gasteiger partial charge in [0.25, 0.3) is 0 Å². The zero-order valence-electron chi connectivity index (χ0n) is 10.9. The van der Waals surface area contributed by atoms with Gasteiger partial charge in [-0.1, -0.05) is 0 Å². The lowest BCUT2D eigenvalue weighted by atomic mass is 10.1. The second kappa shape index (κ2) is 5.08. The summed E-state index contributed by atoms with van der Waals surface area (Å²) >= 11 is 0. The van der Waals surface area contributed by atoms with Crippen LogP contribution in [0.3, 0.4) is 0 Å². The van der Waals surface area contributed by atoms with Crippen LogP contribution in [0.2, 0.25) is 0 Å².